The first-order chi connectivity index (χ1) is 15.4. The van der Waals surface area contributed by atoms with Crippen LogP contribution in [-0.2, 0) is 11.4 Å². The van der Waals surface area contributed by atoms with Gasteiger partial charge in [0.15, 0.2) is 0 Å². The molecule has 1 amide bonds. The number of carbonyl (C=O) groups excluding carboxylic acids is 1. The van der Waals surface area contributed by atoms with Gasteiger partial charge in [-0.15, -0.1) is 0 Å². The molecule has 3 aromatic rings. The lowest BCUT2D eigenvalue weighted by Gasteiger charge is -2.09. The maximum atomic E-state index is 13.0. The number of anilines is 1. The highest BCUT2D eigenvalue weighted by atomic mass is 35.5. The topological polar surface area (TPSA) is 105 Å². The van der Waals surface area contributed by atoms with Crippen LogP contribution in [0, 0.1) is 27.3 Å². The van der Waals surface area contributed by atoms with Crippen molar-refractivity contribution in [1.29, 1.82) is 5.26 Å². The summed E-state index contributed by atoms with van der Waals surface area (Å²) in [5.74, 6) is -0.681. The molecule has 0 spiro atoms. The Balaban J connectivity index is 1.71. The van der Waals surface area contributed by atoms with E-state index in [2.05, 4.69) is 5.32 Å². The van der Waals surface area contributed by atoms with Gasteiger partial charge in [0.25, 0.3) is 11.6 Å². The molecule has 160 valence electrons. The van der Waals surface area contributed by atoms with E-state index in [0.29, 0.717) is 11.3 Å². The molecule has 0 atom stereocenters. The molecule has 0 heterocycles. The monoisotopic (exact) mass is 451 g/mol. The predicted octanol–water partition coefficient (Wildman–Crippen LogP) is 5.51. The Bertz CT molecular complexity index is 1240. The number of halogens is 2. The SMILES string of the molecule is N#C/C(=C\c1ccc(OCc2ccc(F)cc2)c(Cl)c1)C(=O)Nc1cccc([N+](=O)[O-])c1. The Morgan fingerprint density at radius 3 is 2.59 bits per heavy atom. The predicted molar refractivity (Wildman–Crippen MR) is 118 cm³/mol. The fourth-order valence-corrected chi connectivity index (χ4v) is 2.92. The lowest BCUT2D eigenvalue weighted by molar-refractivity contribution is -0.384. The quantitative estimate of drug-likeness (QED) is 0.220. The molecule has 32 heavy (non-hydrogen) atoms. The Kier molecular flexibility index (Phi) is 7.16. The molecule has 3 aromatic carbocycles. The van der Waals surface area contributed by atoms with E-state index < -0.39 is 10.8 Å². The second-order valence-corrected chi connectivity index (χ2v) is 6.94. The molecule has 0 unspecified atom stereocenters. The Labute approximate surface area is 187 Å². The van der Waals surface area contributed by atoms with Gasteiger partial charge in [0.05, 0.1) is 9.95 Å². The summed E-state index contributed by atoms with van der Waals surface area (Å²) >= 11 is 6.24. The Morgan fingerprint density at radius 1 is 1.19 bits per heavy atom. The van der Waals surface area contributed by atoms with Gasteiger partial charge in [-0.3, -0.25) is 14.9 Å². The van der Waals surface area contributed by atoms with Crippen molar-refractivity contribution in [3.05, 3.63) is 104 Å². The van der Waals surface area contributed by atoms with Crippen molar-refractivity contribution in [2.24, 2.45) is 0 Å². The third-order valence-corrected chi connectivity index (χ3v) is 4.55. The van der Waals surface area contributed by atoms with Gasteiger partial charge in [-0.05, 0) is 47.5 Å². The number of hydrogen-bond donors (Lipinski definition) is 1. The third kappa shape index (κ3) is 5.90. The highest BCUT2D eigenvalue weighted by molar-refractivity contribution is 6.32. The molecule has 0 aliphatic heterocycles. The van der Waals surface area contributed by atoms with E-state index in [4.69, 9.17) is 16.3 Å². The van der Waals surface area contributed by atoms with Crippen LogP contribution in [0.2, 0.25) is 5.02 Å². The van der Waals surface area contributed by atoms with Gasteiger partial charge in [-0.25, -0.2) is 4.39 Å². The van der Waals surface area contributed by atoms with Crippen molar-refractivity contribution in [1.82, 2.24) is 0 Å². The van der Waals surface area contributed by atoms with E-state index in [1.54, 1.807) is 30.3 Å². The van der Waals surface area contributed by atoms with Gasteiger partial charge in [-0.2, -0.15) is 5.26 Å². The minimum atomic E-state index is -0.722. The summed E-state index contributed by atoms with van der Waals surface area (Å²) in [6, 6.07) is 17.8. The number of nitro groups is 1. The largest absolute Gasteiger partial charge is 0.487 e. The van der Waals surface area contributed by atoms with Gasteiger partial charge in [0.1, 0.15) is 29.8 Å². The molecule has 0 radical (unpaired) electrons. The first-order valence-electron chi connectivity index (χ1n) is 9.20. The molecule has 0 saturated carbocycles. The molecule has 0 aromatic heterocycles. The van der Waals surface area contributed by atoms with Gasteiger partial charge >= 0.3 is 0 Å². The van der Waals surface area contributed by atoms with E-state index in [-0.39, 0.29) is 34.4 Å². The molecule has 1 N–H and O–H groups in total. The molecule has 3 rings (SSSR count). The maximum absolute atomic E-state index is 13.0. The van der Waals surface area contributed by atoms with E-state index in [0.717, 1.165) is 5.56 Å². The van der Waals surface area contributed by atoms with E-state index in [1.807, 2.05) is 0 Å². The van der Waals surface area contributed by atoms with E-state index >= 15 is 0 Å². The fourth-order valence-electron chi connectivity index (χ4n) is 2.68. The molecule has 0 saturated heterocycles. The zero-order chi connectivity index (χ0) is 23.1. The van der Waals surface area contributed by atoms with Gasteiger partial charge in [-0.1, -0.05) is 35.9 Å². The summed E-state index contributed by atoms with van der Waals surface area (Å²) in [4.78, 5) is 22.7. The third-order valence-electron chi connectivity index (χ3n) is 4.25. The number of carbonyl (C=O) groups is 1. The van der Waals surface area contributed by atoms with E-state index in [9.17, 15) is 24.6 Å². The van der Waals surface area contributed by atoms with Crippen LogP contribution in [0.15, 0.2) is 72.3 Å². The molecular weight excluding hydrogens is 437 g/mol. The van der Waals surface area contributed by atoms with Crippen molar-refractivity contribution >= 4 is 35.0 Å². The van der Waals surface area contributed by atoms with E-state index in [1.165, 1.54) is 48.5 Å². The fraction of sp³-hybridized carbons (Fsp3) is 0.0435. The van der Waals surface area contributed by atoms with Crippen LogP contribution in [0.25, 0.3) is 6.08 Å². The number of benzene rings is 3. The lowest BCUT2D eigenvalue weighted by atomic mass is 10.1. The number of non-ortho nitro benzene ring substituents is 1. The molecule has 0 bridgehead atoms. The number of nitrogens with one attached hydrogen (secondary N) is 1. The second-order valence-electron chi connectivity index (χ2n) is 6.54. The second kappa shape index (κ2) is 10.2. The summed E-state index contributed by atoms with van der Waals surface area (Å²) < 4.78 is 18.6. The van der Waals surface area contributed by atoms with Crippen LogP contribution in [0.4, 0.5) is 15.8 Å². The minimum Gasteiger partial charge on any atom is -0.487 e. The number of nitrogens with zero attached hydrogens (tertiary/aromatic N) is 2. The lowest BCUT2D eigenvalue weighted by Crippen LogP contribution is -2.13. The summed E-state index contributed by atoms with van der Waals surface area (Å²) in [6.07, 6.45) is 1.34. The van der Waals surface area contributed by atoms with Crippen LogP contribution in [0.5, 0.6) is 5.75 Å². The standard InChI is InChI=1S/C23H15ClFN3O4/c24-21-11-16(6-9-22(21)32-14-15-4-7-18(25)8-5-15)10-17(13-26)23(29)27-19-2-1-3-20(12-19)28(30)31/h1-12H,14H2,(H,27,29)/b17-10+. The smallest absolute Gasteiger partial charge is 0.271 e. The van der Waals surface area contributed by atoms with Gasteiger partial charge in [0.2, 0.25) is 0 Å². The number of ether oxygens (including phenoxy) is 1. The summed E-state index contributed by atoms with van der Waals surface area (Å²) in [7, 11) is 0. The molecule has 0 aliphatic rings. The maximum Gasteiger partial charge on any atom is 0.271 e. The van der Waals surface area contributed by atoms with Crippen molar-refractivity contribution < 1.29 is 18.8 Å². The first-order valence-corrected chi connectivity index (χ1v) is 9.58. The molecular formula is C23H15ClFN3O4. The average Bonchev–Trinajstić information content (AvgIpc) is 2.78. The van der Waals surface area contributed by atoms with Crippen LogP contribution < -0.4 is 10.1 Å². The zero-order valence-electron chi connectivity index (χ0n) is 16.4. The van der Waals surface area contributed by atoms with Gasteiger partial charge < -0.3 is 10.1 Å². The summed E-state index contributed by atoms with van der Waals surface area (Å²) in [6.45, 7) is 0.185. The molecule has 7 nitrogen and oxygen atoms in total. The van der Waals surface area contributed by atoms with Crippen molar-refractivity contribution in [3.8, 4) is 11.8 Å². The number of nitro benzene ring substituents is 1. The zero-order valence-corrected chi connectivity index (χ0v) is 17.2. The van der Waals surface area contributed by atoms with Crippen molar-refractivity contribution in [2.45, 2.75) is 6.61 Å². The minimum absolute atomic E-state index is 0.185. The van der Waals surface area contributed by atoms with Crippen LogP contribution >= 0.6 is 11.6 Å². The Morgan fingerprint density at radius 2 is 1.94 bits per heavy atom. The summed E-state index contributed by atoms with van der Waals surface area (Å²) in [5, 5.41) is 22.9. The number of amides is 1. The highest BCUT2D eigenvalue weighted by Gasteiger charge is 2.13. The number of rotatable bonds is 7. The Hall–Kier alpha value is -4.22. The number of nitriles is 1. The van der Waals surface area contributed by atoms with Crippen LogP contribution in [0.3, 0.4) is 0 Å². The molecule has 0 aliphatic carbocycles. The van der Waals surface area contributed by atoms with Gasteiger partial charge in [0, 0.05) is 17.8 Å². The van der Waals surface area contributed by atoms with Crippen molar-refractivity contribution in [3.63, 3.8) is 0 Å². The summed E-state index contributed by atoms with van der Waals surface area (Å²) in [5.41, 5.74) is 1.03. The number of hydrogen-bond acceptors (Lipinski definition) is 5. The average molecular weight is 452 g/mol. The molecule has 9 heteroatoms. The first kappa shape index (κ1) is 22.5. The van der Waals surface area contributed by atoms with Crippen molar-refractivity contribution in [2.75, 3.05) is 5.32 Å². The van der Waals surface area contributed by atoms with Crippen LogP contribution in [-0.4, -0.2) is 10.8 Å². The van der Waals surface area contributed by atoms with Crippen LogP contribution in [0.1, 0.15) is 11.1 Å². The molecule has 0 fully saturated rings. The highest BCUT2D eigenvalue weighted by Crippen LogP contribution is 2.27. The normalized spacial score (nSPS) is 10.8.